The van der Waals surface area contributed by atoms with Crippen molar-refractivity contribution in [2.45, 2.75) is 24.5 Å². The summed E-state index contributed by atoms with van der Waals surface area (Å²) in [5, 5.41) is 20.1. The molecule has 0 amide bonds. The van der Waals surface area contributed by atoms with Gasteiger partial charge >= 0.3 is 8.60 Å². The fourth-order valence-electron chi connectivity index (χ4n) is 2.37. The van der Waals surface area contributed by atoms with Crippen LogP contribution < -0.4 is 11.3 Å². The molecule has 7 N–H and O–H groups in total. The summed E-state index contributed by atoms with van der Waals surface area (Å²) in [6, 6.07) is 0. The lowest BCUT2D eigenvalue weighted by molar-refractivity contribution is -0.0485. The van der Waals surface area contributed by atoms with E-state index in [-0.39, 0.29) is 23.7 Å². The van der Waals surface area contributed by atoms with Gasteiger partial charge in [-0.2, -0.15) is 4.98 Å². The van der Waals surface area contributed by atoms with E-state index in [4.69, 9.17) is 20.3 Å². The molecule has 1 aliphatic heterocycles. The number of nitrogens with one attached hydrogen (secondary N) is 1. The molecule has 0 aliphatic carbocycles. The van der Waals surface area contributed by atoms with Crippen LogP contribution in [0.4, 0.5) is 5.95 Å². The van der Waals surface area contributed by atoms with E-state index >= 15 is 0 Å². The average Bonchev–Trinajstić information content (AvgIpc) is 3.00. The van der Waals surface area contributed by atoms with Crippen LogP contribution in [0.2, 0.25) is 0 Å². The predicted molar refractivity (Wildman–Crippen MR) is 75.8 cm³/mol. The molecule has 126 valence electrons. The van der Waals surface area contributed by atoms with Gasteiger partial charge in [-0.3, -0.25) is 14.3 Å². The first-order valence-corrected chi connectivity index (χ1v) is 7.59. The van der Waals surface area contributed by atoms with Crippen molar-refractivity contribution in [2.75, 3.05) is 12.3 Å². The minimum absolute atomic E-state index is 0.00146. The summed E-state index contributed by atoms with van der Waals surface area (Å²) >= 11 is 0. The van der Waals surface area contributed by atoms with E-state index < -0.39 is 38.7 Å². The van der Waals surface area contributed by atoms with E-state index in [0.29, 0.717) is 0 Å². The lowest BCUT2D eigenvalue weighted by Gasteiger charge is -2.16. The van der Waals surface area contributed by atoms with Gasteiger partial charge in [0.15, 0.2) is 17.4 Å². The Balaban J connectivity index is 1.91. The smallest absolute Gasteiger partial charge is 0.327 e. The molecular formula is C10H14N5O7P. The van der Waals surface area contributed by atoms with Crippen LogP contribution in [0.3, 0.4) is 0 Å². The largest absolute Gasteiger partial charge is 0.387 e. The minimum atomic E-state index is -2.61. The summed E-state index contributed by atoms with van der Waals surface area (Å²) in [6.45, 7) is -0.337. The molecule has 1 fully saturated rings. The van der Waals surface area contributed by atoms with E-state index in [2.05, 4.69) is 19.5 Å². The van der Waals surface area contributed by atoms with E-state index in [1.54, 1.807) is 0 Å². The Hall–Kier alpha value is -1.66. The number of hydrogen-bond donors (Lipinski definition) is 6. The molecule has 2 aromatic rings. The molecule has 0 saturated carbocycles. The van der Waals surface area contributed by atoms with E-state index in [0.717, 1.165) is 0 Å². The van der Waals surface area contributed by atoms with Gasteiger partial charge < -0.3 is 35.0 Å². The number of fused-ring (bicyclic) bond motifs is 1. The second-order valence-electron chi connectivity index (χ2n) is 4.87. The van der Waals surface area contributed by atoms with Crippen LogP contribution in [0.25, 0.3) is 11.2 Å². The molecule has 1 aliphatic rings. The maximum Gasteiger partial charge on any atom is 0.327 e. The molecule has 0 aromatic carbocycles. The third-order valence-corrected chi connectivity index (χ3v) is 3.80. The topological polar surface area (TPSA) is 189 Å². The molecule has 0 radical (unpaired) electrons. The number of rotatable bonds is 4. The number of H-pyrrole nitrogens is 1. The van der Waals surface area contributed by atoms with Crippen LogP contribution in [0.1, 0.15) is 6.23 Å². The number of imidazole rings is 1. The molecule has 0 spiro atoms. The van der Waals surface area contributed by atoms with Crippen molar-refractivity contribution in [3.63, 3.8) is 0 Å². The van der Waals surface area contributed by atoms with Crippen molar-refractivity contribution in [2.24, 2.45) is 0 Å². The molecule has 1 saturated heterocycles. The summed E-state index contributed by atoms with van der Waals surface area (Å²) < 4.78 is 11.3. The zero-order valence-corrected chi connectivity index (χ0v) is 12.4. The van der Waals surface area contributed by atoms with E-state index in [1.165, 1.54) is 10.9 Å². The number of aromatic nitrogens is 4. The lowest BCUT2D eigenvalue weighted by atomic mass is 10.1. The Bertz CT molecular complexity index is 764. The molecule has 3 rings (SSSR count). The Morgan fingerprint density at radius 2 is 2.17 bits per heavy atom. The van der Waals surface area contributed by atoms with E-state index in [9.17, 15) is 15.0 Å². The zero-order chi connectivity index (χ0) is 16.7. The lowest BCUT2D eigenvalue weighted by Crippen LogP contribution is -2.33. The Kier molecular flexibility index (Phi) is 4.29. The Labute approximate surface area is 129 Å². The number of aliphatic hydroxyl groups excluding tert-OH is 2. The van der Waals surface area contributed by atoms with Gasteiger partial charge in [0.05, 0.1) is 12.9 Å². The highest BCUT2D eigenvalue weighted by atomic mass is 31.2. The number of aromatic amines is 1. The Morgan fingerprint density at radius 1 is 1.43 bits per heavy atom. The first-order chi connectivity index (χ1) is 10.9. The first kappa shape index (κ1) is 16.2. The molecule has 0 bridgehead atoms. The van der Waals surface area contributed by atoms with Gasteiger partial charge in [-0.25, -0.2) is 4.98 Å². The first-order valence-electron chi connectivity index (χ1n) is 6.43. The second kappa shape index (κ2) is 6.09. The molecule has 4 atom stereocenters. The summed E-state index contributed by atoms with van der Waals surface area (Å²) in [5.41, 5.74) is 5.02. The summed E-state index contributed by atoms with van der Waals surface area (Å²) in [6.07, 6.45) is -3.59. The molecule has 2 aromatic heterocycles. The monoisotopic (exact) mass is 347 g/mol. The van der Waals surface area contributed by atoms with Gasteiger partial charge in [0.2, 0.25) is 5.95 Å². The van der Waals surface area contributed by atoms with Crippen molar-refractivity contribution < 1.29 is 29.3 Å². The summed E-state index contributed by atoms with van der Waals surface area (Å²) in [7, 11) is -2.61. The third-order valence-electron chi connectivity index (χ3n) is 3.42. The quantitative estimate of drug-likeness (QED) is 0.324. The van der Waals surface area contributed by atoms with E-state index in [1.807, 2.05) is 0 Å². The van der Waals surface area contributed by atoms with Crippen molar-refractivity contribution in [3.05, 3.63) is 16.7 Å². The van der Waals surface area contributed by atoms with Gasteiger partial charge in [0.1, 0.15) is 18.3 Å². The summed E-state index contributed by atoms with van der Waals surface area (Å²) in [4.78, 5) is 39.3. The zero-order valence-electron chi connectivity index (χ0n) is 11.5. The van der Waals surface area contributed by atoms with Crippen LogP contribution in [-0.4, -0.2) is 64.4 Å². The van der Waals surface area contributed by atoms with Gasteiger partial charge in [0, 0.05) is 0 Å². The number of nitrogens with zero attached hydrogens (tertiary/aromatic N) is 3. The van der Waals surface area contributed by atoms with Crippen LogP contribution >= 0.6 is 8.60 Å². The van der Waals surface area contributed by atoms with Crippen LogP contribution in [0.5, 0.6) is 0 Å². The van der Waals surface area contributed by atoms with Crippen LogP contribution in [0.15, 0.2) is 11.1 Å². The highest BCUT2D eigenvalue weighted by Crippen LogP contribution is 2.33. The van der Waals surface area contributed by atoms with Crippen molar-refractivity contribution >= 4 is 25.7 Å². The standard InChI is InChI=1S/C10H14N5O7P/c11-10-13-7-4(8(18)14-10)12-2-15(7)9-6(17)5(16)3(22-9)1-21-23(19)20/h2-3,5-6,9,16-17,19-20H,1H2,(H3,11,13,14,18)/t3-,5-,6-,9-/m1/s1. The number of anilines is 1. The fraction of sp³-hybridized carbons (Fsp3) is 0.500. The molecular weight excluding hydrogens is 333 g/mol. The SMILES string of the molecule is Nc1nc2c(ncn2[C@@H]2O[C@H](COP(O)O)[C@@H](O)[C@H]2O)c(=O)[nH]1. The maximum absolute atomic E-state index is 11.7. The number of nitrogens with two attached hydrogens (primary N) is 1. The predicted octanol–water partition coefficient (Wildman–Crippen LogP) is -2.45. The number of nitrogen functional groups attached to an aromatic ring is 1. The van der Waals surface area contributed by atoms with Crippen LogP contribution in [0, 0.1) is 0 Å². The van der Waals surface area contributed by atoms with Gasteiger partial charge in [-0.05, 0) is 0 Å². The molecule has 12 nitrogen and oxygen atoms in total. The van der Waals surface area contributed by atoms with Crippen LogP contribution in [-0.2, 0) is 9.26 Å². The maximum atomic E-state index is 11.7. The average molecular weight is 347 g/mol. The molecule has 3 heterocycles. The molecule has 23 heavy (non-hydrogen) atoms. The van der Waals surface area contributed by atoms with Crippen molar-refractivity contribution in [1.29, 1.82) is 0 Å². The number of hydrogen-bond acceptors (Lipinski definition) is 10. The molecule has 0 unspecified atom stereocenters. The fourth-order valence-corrected chi connectivity index (χ4v) is 2.65. The van der Waals surface area contributed by atoms with Crippen molar-refractivity contribution in [1.82, 2.24) is 19.5 Å². The summed E-state index contributed by atoms with van der Waals surface area (Å²) in [5.74, 6) is -0.136. The third kappa shape index (κ3) is 2.93. The normalized spacial score (nSPS) is 28.0. The Morgan fingerprint density at radius 3 is 2.87 bits per heavy atom. The minimum Gasteiger partial charge on any atom is -0.387 e. The highest BCUT2D eigenvalue weighted by Gasteiger charge is 2.44. The molecule has 13 heteroatoms. The van der Waals surface area contributed by atoms with Gasteiger partial charge in [-0.1, -0.05) is 0 Å². The van der Waals surface area contributed by atoms with Gasteiger partial charge in [0.25, 0.3) is 5.56 Å². The highest BCUT2D eigenvalue weighted by molar-refractivity contribution is 7.39. The number of aliphatic hydroxyl groups is 2. The van der Waals surface area contributed by atoms with Gasteiger partial charge in [-0.15, -0.1) is 0 Å². The van der Waals surface area contributed by atoms with Crippen molar-refractivity contribution in [3.8, 4) is 0 Å². The second-order valence-corrected chi connectivity index (χ2v) is 5.63. The number of ether oxygens (including phenoxy) is 1.